The zero-order chi connectivity index (χ0) is 14.7. The third-order valence-corrected chi connectivity index (χ3v) is 2.99. The fourth-order valence-electron chi connectivity index (χ4n) is 1.94. The van der Waals surface area contributed by atoms with Crippen LogP contribution in [0.15, 0.2) is 59.7 Å². The fraction of sp³-hybridized carbons (Fsp3) is 0. The van der Waals surface area contributed by atoms with E-state index in [1.165, 1.54) is 24.4 Å². The Labute approximate surface area is 121 Å². The van der Waals surface area contributed by atoms with Crippen LogP contribution >= 0.6 is 0 Å². The molecule has 0 saturated carbocycles. The molecule has 0 aliphatic rings. The number of aromatic nitrogens is 1. The number of phenols is 2. The highest BCUT2D eigenvalue weighted by atomic mass is 16.3. The first kappa shape index (κ1) is 12.9. The van der Waals surface area contributed by atoms with Gasteiger partial charge in [0.1, 0.15) is 17.3 Å². The van der Waals surface area contributed by atoms with Crippen molar-refractivity contribution in [2.75, 3.05) is 5.43 Å². The number of fused-ring (bicyclic) bond motifs is 1. The van der Waals surface area contributed by atoms with Gasteiger partial charge in [-0.2, -0.15) is 5.10 Å². The molecule has 3 rings (SSSR count). The Bertz CT molecular complexity index is 815. The molecule has 1 aromatic heterocycles. The van der Waals surface area contributed by atoms with Gasteiger partial charge in [-0.25, -0.2) is 4.98 Å². The van der Waals surface area contributed by atoms with Crippen molar-refractivity contribution in [3.05, 3.63) is 60.2 Å². The summed E-state index contributed by atoms with van der Waals surface area (Å²) in [7, 11) is 0. The summed E-state index contributed by atoms with van der Waals surface area (Å²) in [5, 5.41) is 24.1. The maximum Gasteiger partial charge on any atom is 0.146 e. The van der Waals surface area contributed by atoms with E-state index in [9.17, 15) is 10.2 Å². The predicted octanol–water partition coefficient (Wildman–Crippen LogP) is 3.09. The molecule has 0 spiro atoms. The van der Waals surface area contributed by atoms with Crippen LogP contribution in [0.3, 0.4) is 0 Å². The molecule has 3 N–H and O–H groups in total. The molecule has 0 saturated heterocycles. The number of phenolic OH excluding ortho intramolecular Hbond substituents is 2. The second kappa shape index (κ2) is 5.50. The molecule has 0 unspecified atom stereocenters. The minimum atomic E-state index is 0.0461. The Kier molecular flexibility index (Phi) is 3.39. The number of pyridine rings is 1. The smallest absolute Gasteiger partial charge is 0.146 e. The van der Waals surface area contributed by atoms with E-state index >= 15 is 0 Å². The quantitative estimate of drug-likeness (QED) is 0.391. The Balaban J connectivity index is 1.79. The minimum Gasteiger partial charge on any atom is -0.508 e. The van der Waals surface area contributed by atoms with Crippen LogP contribution < -0.4 is 5.43 Å². The van der Waals surface area contributed by atoms with Crippen molar-refractivity contribution in [2.24, 2.45) is 5.10 Å². The predicted molar refractivity (Wildman–Crippen MR) is 82.7 cm³/mol. The molecular formula is C16H13N3O2. The zero-order valence-electron chi connectivity index (χ0n) is 11.1. The number of hydrazone groups is 1. The maximum atomic E-state index is 9.63. The first-order valence-electron chi connectivity index (χ1n) is 6.39. The molecule has 0 atom stereocenters. The molecule has 5 nitrogen and oxygen atoms in total. The van der Waals surface area contributed by atoms with E-state index < -0.39 is 0 Å². The lowest BCUT2D eigenvalue weighted by molar-refractivity contribution is 0.459. The van der Waals surface area contributed by atoms with Crippen LogP contribution in [0.4, 0.5) is 5.82 Å². The number of rotatable bonds is 3. The summed E-state index contributed by atoms with van der Waals surface area (Å²) in [5.74, 6) is 0.715. The lowest BCUT2D eigenvalue weighted by atomic mass is 10.2. The second-order valence-corrected chi connectivity index (χ2v) is 4.50. The molecule has 0 aliphatic heterocycles. The molecule has 0 fully saturated rings. The number of nitrogens with zero attached hydrogens (tertiary/aromatic N) is 2. The van der Waals surface area contributed by atoms with Gasteiger partial charge in [-0.3, -0.25) is 5.43 Å². The van der Waals surface area contributed by atoms with Gasteiger partial charge in [0.05, 0.1) is 11.7 Å². The molecule has 0 aliphatic carbocycles. The first-order chi connectivity index (χ1) is 10.2. The van der Waals surface area contributed by atoms with Crippen molar-refractivity contribution in [3.63, 3.8) is 0 Å². The van der Waals surface area contributed by atoms with Gasteiger partial charge in [0.2, 0.25) is 0 Å². The normalized spacial score (nSPS) is 11.0. The van der Waals surface area contributed by atoms with Crippen molar-refractivity contribution >= 4 is 22.9 Å². The standard InChI is InChI=1S/C16H13N3O2/c20-13-6-7-15(21)12(9-13)10-17-19-16-8-5-11-3-1-2-4-14(11)18-16/h1-10,20-21H,(H,18,19)/b17-10+. The summed E-state index contributed by atoms with van der Waals surface area (Å²) < 4.78 is 0. The van der Waals surface area contributed by atoms with Crippen molar-refractivity contribution in [1.29, 1.82) is 0 Å². The Morgan fingerprint density at radius 3 is 2.76 bits per heavy atom. The largest absolute Gasteiger partial charge is 0.508 e. The number of aromatic hydroxyl groups is 2. The number of para-hydroxylation sites is 1. The van der Waals surface area contributed by atoms with Crippen molar-refractivity contribution in [1.82, 2.24) is 4.98 Å². The van der Waals surface area contributed by atoms with Crippen LogP contribution in [0, 0.1) is 0 Å². The highest BCUT2D eigenvalue weighted by Crippen LogP contribution is 2.20. The summed E-state index contributed by atoms with van der Waals surface area (Å²) in [5.41, 5.74) is 4.09. The van der Waals surface area contributed by atoms with E-state index in [0.29, 0.717) is 11.4 Å². The van der Waals surface area contributed by atoms with Crippen LogP contribution in [-0.2, 0) is 0 Å². The zero-order valence-corrected chi connectivity index (χ0v) is 11.1. The molecule has 0 amide bonds. The third kappa shape index (κ3) is 2.92. The van der Waals surface area contributed by atoms with Gasteiger partial charge in [-0.1, -0.05) is 18.2 Å². The lowest BCUT2D eigenvalue weighted by Crippen LogP contribution is -1.94. The molecule has 1 heterocycles. The molecule has 0 bridgehead atoms. The van der Waals surface area contributed by atoms with Crippen LogP contribution in [-0.4, -0.2) is 21.4 Å². The van der Waals surface area contributed by atoms with Gasteiger partial charge in [-0.05, 0) is 36.4 Å². The highest BCUT2D eigenvalue weighted by Gasteiger charge is 1.99. The van der Waals surface area contributed by atoms with Crippen LogP contribution in [0.25, 0.3) is 10.9 Å². The van der Waals surface area contributed by atoms with E-state index in [0.717, 1.165) is 10.9 Å². The van der Waals surface area contributed by atoms with Gasteiger partial charge < -0.3 is 10.2 Å². The summed E-state index contributed by atoms with van der Waals surface area (Å²) >= 11 is 0. The molecule has 21 heavy (non-hydrogen) atoms. The van der Waals surface area contributed by atoms with Crippen molar-refractivity contribution < 1.29 is 10.2 Å². The van der Waals surface area contributed by atoms with Gasteiger partial charge in [0.25, 0.3) is 0 Å². The Morgan fingerprint density at radius 1 is 1.00 bits per heavy atom. The molecular weight excluding hydrogens is 266 g/mol. The SMILES string of the molecule is Oc1ccc(O)c(/C=N/Nc2ccc3ccccc3n2)c1. The van der Waals surface area contributed by atoms with Crippen LogP contribution in [0.5, 0.6) is 11.5 Å². The topological polar surface area (TPSA) is 77.7 Å². The summed E-state index contributed by atoms with van der Waals surface area (Å²) in [6.45, 7) is 0. The summed E-state index contributed by atoms with van der Waals surface area (Å²) in [6, 6.07) is 15.8. The average molecular weight is 279 g/mol. The summed E-state index contributed by atoms with van der Waals surface area (Å²) in [6.07, 6.45) is 1.42. The van der Waals surface area contributed by atoms with Crippen LogP contribution in [0.1, 0.15) is 5.56 Å². The molecule has 2 aromatic carbocycles. The highest BCUT2D eigenvalue weighted by molar-refractivity contribution is 5.85. The lowest BCUT2D eigenvalue weighted by Gasteiger charge is -2.02. The number of benzene rings is 2. The molecule has 104 valence electrons. The molecule has 3 aromatic rings. The Hall–Kier alpha value is -3.08. The fourth-order valence-corrected chi connectivity index (χ4v) is 1.94. The van der Waals surface area contributed by atoms with E-state index in [4.69, 9.17) is 0 Å². The van der Waals surface area contributed by atoms with E-state index in [2.05, 4.69) is 15.5 Å². The van der Waals surface area contributed by atoms with Gasteiger partial charge in [0.15, 0.2) is 0 Å². The van der Waals surface area contributed by atoms with Gasteiger partial charge in [0, 0.05) is 10.9 Å². The molecule has 0 radical (unpaired) electrons. The van der Waals surface area contributed by atoms with E-state index in [1.807, 2.05) is 36.4 Å². The number of nitrogens with one attached hydrogen (secondary N) is 1. The number of anilines is 1. The maximum absolute atomic E-state index is 9.63. The third-order valence-electron chi connectivity index (χ3n) is 2.99. The van der Waals surface area contributed by atoms with Crippen molar-refractivity contribution in [3.8, 4) is 11.5 Å². The van der Waals surface area contributed by atoms with Crippen molar-refractivity contribution in [2.45, 2.75) is 0 Å². The number of hydrogen-bond donors (Lipinski definition) is 3. The Morgan fingerprint density at radius 2 is 1.86 bits per heavy atom. The van der Waals surface area contributed by atoms with E-state index in [1.54, 1.807) is 0 Å². The second-order valence-electron chi connectivity index (χ2n) is 4.50. The molecule has 5 heteroatoms. The van der Waals surface area contributed by atoms with Gasteiger partial charge in [-0.15, -0.1) is 0 Å². The monoisotopic (exact) mass is 279 g/mol. The minimum absolute atomic E-state index is 0.0461. The summed E-state index contributed by atoms with van der Waals surface area (Å²) in [4.78, 5) is 4.41. The van der Waals surface area contributed by atoms with E-state index in [-0.39, 0.29) is 11.5 Å². The van der Waals surface area contributed by atoms with Gasteiger partial charge >= 0.3 is 0 Å². The average Bonchev–Trinajstić information content (AvgIpc) is 2.50. The van der Waals surface area contributed by atoms with Crippen LogP contribution in [0.2, 0.25) is 0 Å². The number of hydrogen-bond acceptors (Lipinski definition) is 5. The first-order valence-corrected chi connectivity index (χ1v) is 6.39.